The fourth-order valence-electron chi connectivity index (χ4n) is 2.86. The first-order chi connectivity index (χ1) is 8.18. The van der Waals surface area contributed by atoms with E-state index in [9.17, 15) is 8.42 Å². The molecule has 1 aliphatic carbocycles. The number of nitrogens with one attached hydrogen (secondary N) is 2. The predicted octanol–water partition coefficient (Wildman–Crippen LogP) is 1.38. The van der Waals surface area contributed by atoms with Crippen LogP contribution in [-0.4, -0.2) is 32.8 Å². The van der Waals surface area contributed by atoms with E-state index in [1.807, 2.05) is 0 Å². The van der Waals surface area contributed by atoms with Crippen molar-refractivity contribution in [3.8, 4) is 0 Å². The molecule has 5 heteroatoms. The van der Waals surface area contributed by atoms with Crippen molar-refractivity contribution >= 4 is 10.0 Å². The van der Waals surface area contributed by atoms with Gasteiger partial charge in [0.05, 0.1) is 5.25 Å². The highest BCUT2D eigenvalue weighted by Crippen LogP contribution is 2.23. The molecule has 0 aromatic heterocycles. The highest BCUT2D eigenvalue weighted by atomic mass is 32.2. The van der Waals surface area contributed by atoms with Crippen molar-refractivity contribution in [3.05, 3.63) is 0 Å². The van der Waals surface area contributed by atoms with E-state index in [0.29, 0.717) is 12.6 Å². The van der Waals surface area contributed by atoms with Crippen LogP contribution >= 0.6 is 0 Å². The van der Waals surface area contributed by atoms with Crippen LogP contribution in [0.4, 0.5) is 0 Å². The Morgan fingerprint density at radius 3 is 2.41 bits per heavy atom. The lowest BCUT2D eigenvalue weighted by Gasteiger charge is -2.23. The van der Waals surface area contributed by atoms with Gasteiger partial charge in [0, 0.05) is 12.6 Å². The lowest BCUT2D eigenvalue weighted by Crippen LogP contribution is -2.39. The molecule has 2 aliphatic rings. The van der Waals surface area contributed by atoms with Crippen LogP contribution < -0.4 is 10.0 Å². The van der Waals surface area contributed by atoms with E-state index in [4.69, 9.17) is 0 Å². The molecular weight excluding hydrogens is 236 g/mol. The van der Waals surface area contributed by atoms with E-state index in [1.165, 1.54) is 19.3 Å². The first-order valence-electron chi connectivity index (χ1n) is 6.90. The van der Waals surface area contributed by atoms with Crippen molar-refractivity contribution in [1.29, 1.82) is 0 Å². The zero-order chi connectivity index (χ0) is 12.1. The standard InChI is InChI=1S/C12H24N2O2S/c15-17(16,12-6-1-2-7-12)14-10-8-11-5-3-4-9-13-11/h11-14H,1-10H2. The molecule has 0 bridgehead atoms. The van der Waals surface area contributed by atoms with Gasteiger partial charge in [0.15, 0.2) is 0 Å². The van der Waals surface area contributed by atoms with Gasteiger partial charge in [0.25, 0.3) is 0 Å². The number of rotatable bonds is 5. The molecular formula is C12H24N2O2S. The third-order valence-electron chi connectivity index (χ3n) is 3.95. The Labute approximate surface area is 105 Å². The quantitative estimate of drug-likeness (QED) is 0.785. The van der Waals surface area contributed by atoms with Crippen LogP contribution in [-0.2, 0) is 10.0 Å². The average molecular weight is 260 g/mol. The maximum Gasteiger partial charge on any atom is 0.214 e. The summed E-state index contributed by atoms with van der Waals surface area (Å²) in [4.78, 5) is 0. The van der Waals surface area contributed by atoms with E-state index in [1.54, 1.807) is 0 Å². The molecule has 1 atom stereocenters. The Hall–Kier alpha value is -0.130. The van der Waals surface area contributed by atoms with Gasteiger partial charge in [0.1, 0.15) is 0 Å². The molecule has 4 nitrogen and oxygen atoms in total. The fraction of sp³-hybridized carbons (Fsp3) is 1.00. The van der Waals surface area contributed by atoms with Crippen LogP contribution in [0, 0.1) is 0 Å². The Morgan fingerprint density at radius 2 is 1.76 bits per heavy atom. The van der Waals surface area contributed by atoms with E-state index in [-0.39, 0.29) is 5.25 Å². The monoisotopic (exact) mass is 260 g/mol. The topological polar surface area (TPSA) is 58.2 Å². The minimum absolute atomic E-state index is 0.123. The molecule has 100 valence electrons. The first kappa shape index (κ1) is 13.3. The summed E-state index contributed by atoms with van der Waals surface area (Å²) in [6.07, 6.45) is 8.45. The summed E-state index contributed by atoms with van der Waals surface area (Å²) < 4.78 is 26.7. The zero-order valence-corrected chi connectivity index (χ0v) is 11.3. The van der Waals surface area contributed by atoms with Crippen molar-refractivity contribution in [3.63, 3.8) is 0 Å². The molecule has 0 aromatic carbocycles. The lowest BCUT2D eigenvalue weighted by molar-refractivity contribution is 0.382. The molecule has 1 unspecified atom stereocenters. The molecule has 1 saturated heterocycles. The van der Waals surface area contributed by atoms with Crippen LogP contribution in [0.25, 0.3) is 0 Å². The van der Waals surface area contributed by atoms with E-state index in [2.05, 4.69) is 10.0 Å². The van der Waals surface area contributed by atoms with Gasteiger partial charge in [0.2, 0.25) is 10.0 Å². The lowest BCUT2D eigenvalue weighted by atomic mass is 10.0. The molecule has 1 aliphatic heterocycles. The van der Waals surface area contributed by atoms with Crippen molar-refractivity contribution in [2.24, 2.45) is 0 Å². The molecule has 0 spiro atoms. The molecule has 2 fully saturated rings. The summed E-state index contributed by atoms with van der Waals surface area (Å²) in [6.45, 7) is 1.68. The second-order valence-corrected chi connectivity index (χ2v) is 7.33. The molecule has 0 radical (unpaired) electrons. The third-order valence-corrected chi connectivity index (χ3v) is 5.91. The van der Waals surface area contributed by atoms with E-state index < -0.39 is 10.0 Å². The summed E-state index contributed by atoms with van der Waals surface area (Å²) >= 11 is 0. The molecule has 1 saturated carbocycles. The summed E-state index contributed by atoms with van der Waals surface area (Å²) in [5.41, 5.74) is 0. The van der Waals surface area contributed by atoms with E-state index in [0.717, 1.165) is 38.6 Å². The van der Waals surface area contributed by atoms with Gasteiger partial charge in [-0.05, 0) is 38.6 Å². The van der Waals surface area contributed by atoms with Gasteiger partial charge < -0.3 is 5.32 Å². The number of sulfonamides is 1. The van der Waals surface area contributed by atoms with Gasteiger partial charge in [-0.25, -0.2) is 13.1 Å². The minimum atomic E-state index is -3.04. The Morgan fingerprint density at radius 1 is 1.06 bits per heavy atom. The maximum atomic E-state index is 11.9. The van der Waals surface area contributed by atoms with E-state index >= 15 is 0 Å². The molecule has 1 heterocycles. The summed E-state index contributed by atoms with van der Waals surface area (Å²) in [6, 6.07) is 0.509. The third kappa shape index (κ3) is 3.93. The molecule has 17 heavy (non-hydrogen) atoms. The maximum absolute atomic E-state index is 11.9. The summed E-state index contributed by atoms with van der Waals surface area (Å²) in [5, 5.41) is 3.32. The summed E-state index contributed by atoms with van der Waals surface area (Å²) in [7, 11) is -3.04. The molecule has 0 aromatic rings. The molecule has 0 amide bonds. The van der Waals surface area contributed by atoms with Crippen molar-refractivity contribution in [1.82, 2.24) is 10.0 Å². The zero-order valence-electron chi connectivity index (χ0n) is 10.5. The second-order valence-electron chi connectivity index (χ2n) is 5.28. The first-order valence-corrected chi connectivity index (χ1v) is 8.45. The van der Waals surface area contributed by atoms with Gasteiger partial charge in [-0.3, -0.25) is 0 Å². The predicted molar refractivity (Wildman–Crippen MR) is 69.4 cm³/mol. The Bertz CT molecular complexity index is 317. The Balaban J connectivity index is 1.69. The number of hydrogen-bond acceptors (Lipinski definition) is 3. The van der Waals surface area contributed by atoms with Gasteiger partial charge in [-0.15, -0.1) is 0 Å². The Kier molecular flexibility index (Phi) is 4.82. The van der Waals surface area contributed by atoms with Crippen LogP contribution in [0.2, 0.25) is 0 Å². The number of hydrogen-bond donors (Lipinski definition) is 2. The fourth-order valence-corrected chi connectivity index (χ4v) is 4.45. The van der Waals surface area contributed by atoms with Crippen LogP contribution in [0.3, 0.4) is 0 Å². The summed E-state index contributed by atoms with van der Waals surface area (Å²) in [5.74, 6) is 0. The highest BCUT2D eigenvalue weighted by Gasteiger charge is 2.28. The average Bonchev–Trinajstić information content (AvgIpc) is 2.84. The second kappa shape index (κ2) is 6.16. The van der Waals surface area contributed by atoms with Crippen LogP contribution in [0.1, 0.15) is 51.4 Å². The van der Waals surface area contributed by atoms with Crippen LogP contribution in [0.15, 0.2) is 0 Å². The van der Waals surface area contributed by atoms with Gasteiger partial charge in [-0.2, -0.15) is 0 Å². The normalized spacial score (nSPS) is 27.4. The number of piperidine rings is 1. The van der Waals surface area contributed by atoms with Crippen molar-refractivity contribution in [2.75, 3.05) is 13.1 Å². The SMILES string of the molecule is O=S(=O)(NCCC1CCCCN1)C1CCCC1. The molecule has 2 N–H and O–H groups in total. The van der Waals surface area contributed by atoms with Gasteiger partial charge >= 0.3 is 0 Å². The van der Waals surface area contributed by atoms with Crippen molar-refractivity contribution < 1.29 is 8.42 Å². The smallest absolute Gasteiger partial charge is 0.214 e. The van der Waals surface area contributed by atoms with Gasteiger partial charge in [-0.1, -0.05) is 19.3 Å². The highest BCUT2D eigenvalue weighted by molar-refractivity contribution is 7.90. The largest absolute Gasteiger partial charge is 0.314 e. The molecule has 2 rings (SSSR count). The van der Waals surface area contributed by atoms with Crippen molar-refractivity contribution in [2.45, 2.75) is 62.7 Å². The van der Waals surface area contributed by atoms with Crippen LogP contribution in [0.5, 0.6) is 0 Å². The minimum Gasteiger partial charge on any atom is -0.314 e.